The van der Waals surface area contributed by atoms with E-state index < -0.39 is 0 Å². The fraction of sp³-hybridized carbons (Fsp3) is 0.143. The molecule has 4 aromatic rings. The lowest BCUT2D eigenvalue weighted by Crippen LogP contribution is -2.10. The summed E-state index contributed by atoms with van der Waals surface area (Å²) in [6.45, 7) is 2.85. The van der Waals surface area contributed by atoms with Gasteiger partial charge in [-0.05, 0) is 76.0 Å². The topological polar surface area (TPSA) is 65.4 Å². The molecule has 3 aromatic carbocycles. The Hall–Kier alpha value is -3.55. The lowest BCUT2D eigenvalue weighted by Gasteiger charge is -2.11. The zero-order valence-corrected chi connectivity index (χ0v) is 22.2. The summed E-state index contributed by atoms with van der Waals surface area (Å²) in [5, 5.41) is 7.92. The molecule has 0 saturated carbocycles. The van der Waals surface area contributed by atoms with E-state index in [1.165, 1.54) is 6.08 Å². The summed E-state index contributed by atoms with van der Waals surface area (Å²) in [7, 11) is 1.62. The molecule has 1 aromatic heterocycles. The number of rotatable bonds is 9. The van der Waals surface area contributed by atoms with Gasteiger partial charge in [0.05, 0.1) is 18.1 Å². The van der Waals surface area contributed by atoms with Gasteiger partial charge in [0.1, 0.15) is 18.1 Å². The van der Waals surface area contributed by atoms with Gasteiger partial charge in [-0.15, -0.1) is 0 Å². The van der Waals surface area contributed by atoms with Crippen LogP contribution in [0.3, 0.4) is 0 Å². The lowest BCUT2D eigenvalue weighted by molar-refractivity contribution is -0.111. The Bertz CT molecular complexity index is 1400. The van der Waals surface area contributed by atoms with Gasteiger partial charge < -0.3 is 14.8 Å². The molecule has 4 rings (SSSR count). The van der Waals surface area contributed by atoms with Crippen LogP contribution in [-0.4, -0.2) is 22.8 Å². The molecule has 0 radical (unpaired) electrons. The molecule has 0 saturated heterocycles. The van der Waals surface area contributed by atoms with Crippen molar-refractivity contribution in [1.82, 2.24) is 9.78 Å². The van der Waals surface area contributed by atoms with E-state index >= 15 is 0 Å². The number of carbonyl (C=O) groups is 1. The number of amides is 1. The minimum Gasteiger partial charge on any atom is -0.496 e. The van der Waals surface area contributed by atoms with Crippen LogP contribution in [0.25, 0.3) is 6.08 Å². The summed E-state index contributed by atoms with van der Waals surface area (Å²) < 4.78 is 13.8. The second-order valence-corrected chi connectivity index (χ2v) is 9.38. The highest BCUT2D eigenvalue weighted by molar-refractivity contribution is 9.10. The molecule has 0 unspecified atom stereocenters. The van der Waals surface area contributed by atoms with Gasteiger partial charge in [0.25, 0.3) is 0 Å². The summed E-state index contributed by atoms with van der Waals surface area (Å²) in [4.78, 5) is 12.6. The number of ether oxygens (including phenoxy) is 2. The van der Waals surface area contributed by atoms with Gasteiger partial charge in [-0.1, -0.05) is 48.0 Å². The first kappa shape index (κ1) is 25.5. The van der Waals surface area contributed by atoms with Crippen LogP contribution >= 0.6 is 27.5 Å². The first-order valence-corrected chi connectivity index (χ1v) is 12.4. The highest BCUT2D eigenvalue weighted by atomic mass is 79.9. The van der Waals surface area contributed by atoms with Crippen molar-refractivity contribution in [3.63, 3.8) is 0 Å². The number of halogens is 2. The maximum absolute atomic E-state index is 12.6. The summed E-state index contributed by atoms with van der Waals surface area (Å²) >= 11 is 9.70. The number of benzene rings is 3. The molecule has 6 nitrogen and oxygen atoms in total. The van der Waals surface area contributed by atoms with Gasteiger partial charge in [0.15, 0.2) is 5.82 Å². The number of aryl methyl sites for hydroxylation is 1. The monoisotopic (exact) mass is 565 g/mol. The van der Waals surface area contributed by atoms with Crippen molar-refractivity contribution in [3.05, 3.63) is 111 Å². The van der Waals surface area contributed by atoms with Crippen LogP contribution in [-0.2, 0) is 17.9 Å². The van der Waals surface area contributed by atoms with Crippen LogP contribution in [0.1, 0.15) is 22.3 Å². The van der Waals surface area contributed by atoms with Crippen molar-refractivity contribution in [3.8, 4) is 11.5 Å². The molecule has 0 fully saturated rings. The molecule has 1 N–H and O–H groups in total. The van der Waals surface area contributed by atoms with Crippen LogP contribution < -0.4 is 14.8 Å². The third-order valence-corrected chi connectivity index (χ3v) is 6.31. The summed E-state index contributed by atoms with van der Waals surface area (Å²) in [6.07, 6.45) is 5.00. The SMILES string of the molecule is COc1ccc(/C=C/C(=O)Nc2nn(Cc3ccccc3Cl)cc2Br)cc1COc1cccc(C)c1. The van der Waals surface area contributed by atoms with E-state index in [0.717, 1.165) is 33.8 Å². The molecular formula is C28H25BrClN3O3. The number of nitrogens with zero attached hydrogens (tertiary/aromatic N) is 2. The van der Waals surface area contributed by atoms with Crippen molar-refractivity contribution in [1.29, 1.82) is 0 Å². The van der Waals surface area contributed by atoms with Crippen molar-refractivity contribution in [2.24, 2.45) is 0 Å². The van der Waals surface area contributed by atoms with E-state index in [2.05, 4.69) is 26.3 Å². The number of hydrogen-bond donors (Lipinski definition) is 1. The van der Waals surface area contributed by atoms with Gasteiger partial charge in [0.2, 0.25) is 5.91 Å². The standard InChI is InChI=1S/C28H25BrClN3O3/c1-19-6-5-8-23(14-19)36-18-22-15-20(10-12-26(22)35-2)11-13-27(34)31-28-24(29)17-33(32-28)16-21-7-3-4-9-25(21)30/h3-15,17H,16,18H2,1-2H3,(H,31,32,34)/b13-11+. The van der Waals surface area contributed by atoms with Gasteiger partial charge >= 0.3 is 0 Å². The molecule has 1 heterocycles. The van der Waals surface area contributed by atoms with Crippen LogP contribution in [0.4, 0.5) is 5.82 Å². The van der Waals surface area contributed by atoms with Crippen LogP contribution in [0.15, 0.2) is 83.5 Å². The smallest absolute Gasteiger partial charge is 0.249 e. The van der Waals surface area contributed by atoms with Gasteiger partial charge in [0, 0.05) is 22.9 Å². The van der Waals surface area contributed by atoms with Gasteiger partial charge in [-0.2, -0.15) is 5.10 Å². The molecule has 0 aliphatic heterocycles. The Kier molecular flexibility index (Phi) is 8.46. The quantitative estimate of drug-likeness (QED) is 0.224. The third kappa shape index (κ3) is 6.77. The summed E-state index contributed by atoms with van der Waals surface area (Å²) in [5.41, 5.74) is 3.79. The highest BCUT2D eigenvalue weighted by Crippen LogP contribution is 2.25. The number of carbonyl (C=O) groups excluding carboxylic acids is 1. The van der Waals surface area contributed by atoms with Crippen molar-refractivity contribution in [2.45, 2.75) is 20.1 Å². The van der Waals surface area contributed by atoms with E-state index in [9.17, 15) is 4.79 Å². The fourth-order valence-corrected chi connectivity index (χ4v) is 4.19. The minimum absolute atomic E-state index is 0.299. The number of hydrogen-bond acceptors (Lipinski definition) is 4. The summed E-state index contributed by atoms with van der Waals surface area (Å²) in [5.74, 6) is 1.64. The van der Waals surface area contributed by atoms with Gasteiger partial charge in [-0.3, -0.25) is 9.48 Å². The second kappa shape index (κ2) is 11.9. The molecule has 1 amide bonds. The van der Waals surface area contributed by atoms with E-state index in [0.29, 0.717) is 28.5 Å². The Balaban J connectivity index is 1.40. The molecule has 8 heteroatoms. The van der Waals surface area contributed by atoms with Crippen LogP contribution in [0, 0.1) is 6.92 Å². The fourth-order valence-electron chi connectivity index (χ4n) is 3.58. The number of anilines is 1. The van der Waals surface area contributed by atoms with E-state index in [1.54, 1.807) is 24.1 Å². The predicted molar refractivity (Wildman–Crippen MR) is 147 cm³/mol. The van der Waals surface area contributed by atoms with Crippen LogP contribution in [0.2, 0.25) is 5.02 Å². The highest BCUT2D eigenvalue weighted by Gasteiger charge is 2.11. The van der Waals surface area contributed by atoms with Crippen molar-refractivity contribution >= 4 is 45.3 Å². The number of aromatic nitrogens is 2. The van der Waals surface area contributed by atoms with E-state index in [1.807, 2.05) is 73.7 Å². The zero-order chi connectivity index (χ0) is 25.5. The predicted octanol–water partition coefficient (Wildman–Crippen LogP) is 6.90. The van der Waals surface area contributed by atoms with Gasteiger partial charge in [-0.25, -0.2) is 0 Å². The largest absolute Gasteiger partial charge is 0.496 e. The Morgan fingerprint density at radius 3 is 2.72 bits per heavy atom. The summed E-state index contributed by atoms with van der Waals surface area (Å²) in [6, 6.07) is 21.1. The molecule has 0 atom stereocenters. The van der Waals surface area contributed by atoms with E-state index in [4.69, 9.17) is 21.1 Å². The lowest BCUT2D eigenvalue weighted by atomic mass is 10.1. The molecule has 0 aliphatic carbocycles. The molecule has 0 bridgehead atoms. The molecule has 36 heavy (non-hydrogen) atoms. The Morgan fingerprint density at radius 1 is 1.11 bits per heavy atom. The molecular weight excluding hydrogens is 542 g/mol. The van der Waals surface area contributed by atoms with Crippen molar-refractivity contribution in [2.75, 3.05) is 12.4 Å². The maximum Gasteiger partial charge on any atom is 0.249 e. The number of nitrogens with one attached hydrogen (secondary N) is 1. The molecule has 184 valence electrons. The normalized spacial score (nSPS) is 11.0. The molecule has 0 aliphatic rings. The maximum atomic E-state index is 12.6. The second-order valence-electron chi connectivity index (χ2n) is 8.11. The molecule has 0 spiro atoms. The first-order valence-electron chi connectivity index (χ1n) is 11.2. The third-order valence-electron chi connectivity index (χ3n) is 5.36. The van der Waals surface area contributed by atoms with Crippen LogP contribution in [0.5, 0.6) is 11.5 Å². The van der Waals surface area contributed by atoms with Crippen molar-refractivity contribution < 1.29 is 14.3 Å². The minimum atomic E-state index is -0.299. The first-order chi connectivity index (χ1) is 17.4. The average molecular weight is 567 g/mol. The van der Waals surface area contributed by atoms with E-state index in [-0.39, 0.29) is 5.91 Å². The zero-order valence-electron chi connectivity index (χ0n) is 19.9. The average Bonchev–Trinajstić information content (AvgIpc) is 3.21. The Morgan fingerprint density at radius 2 is 1.94 bits per heavy atom. The Labute approximate surface area is 223 Å². The number of methoxy groups -OCH3 is 1.